The van der Waals surface area contributed by atoms with Gasteiger partial charge in [-0.2, -0.15) is 0 Å². The van der Waals surface area contributed by atoms with E-state index in [1.54, 1.807) is 0 Å². The molecule has 1 fully saturated rings. The summed E-state index contributed by atoms with van der Waals surface area (Å²) in [6.07, 6.45) is 4.26. The molecular formula is C11H21N2OS+. The van der Waals surface area contributed by atoms with Gasteiger partial charge in [0, 0.05) is 6.54 Å². The molecule has 0 bridgehead atoms. The SMILES string of the molecule is C[C@H]([C@H]1SCC=[N+]1C)N1CCC[C@H](O)C1. The van der Waals surface area contributed by atoms with Crippen LogP contribution in [0.2, 0.25) is 0 Å². The van der Waals surface area contributed by atoms with Gasteiger partial charge in [-0.25, -0.2) is 4.58 Å². The number of hydrogen-bond acceptors (Lipinski definition) is 3. The Labute approximate surface area is 96.2 Å². The van der Waals surface area contributed by atoms with Crippen molar-refractivity contribution >= 4 is 18.0 Å². The van der Waals surface area contributed by atoms with E-state index in [-0.39, 0.29) is 6.10 Å². The molecule has 0 saturated carbocycles. The fraction of sp³-hybridized carbons (Fsp3) is 0.909. The first-order chi connectivity index (χ1) is 7.18. The summed E-state index contributed by atoms with van der Waals surface area (Å²) >= 11 is 2.00. The molecule has 86 valence electrons. The van der Waals surface area contributed by atoms with Gasteiger partial charge in [-0.3, -0.25) is 4.90 Å². The second-order valence-electron chi connectivity index (χ2n) is 4.60. The Balaban J connectivity index is 1.94. The highest BCUT2D eigenvalue weighted by Gasteiger charge is 2.35. The maximum absolute atomic E-state index is 9.67. The fourth-order valence-corrected chi connectivity index (χ4v) is 3.78. The lowest BCUT2D eigenvalue weighted by Gasteiger charge is -2.35. The van der Waals surface area contributed by atoms with Crippen LogP contribution in [0.5, 0.6) is 0 Å². The molecule has 0 spiro atoms. The number of likely N-dealkylation sites (tertiary alicyclic amines) is 1. The van der Waals surface area contributed by atoms with Gasteiger partial charge in [-0.05, 0) is 26.3 Å². The van der Waals surface area contributed by atoms with Crippen LogP contribution in [0.25, 0.3) is 0 Å². The van der Waals surface area contributed by atoms with Crippen molar-refractivity contribution in [1.82, 2.24) is 4.90 Å². The lowest BCUT2D eigenvalue weighted by molar-refractivity contribution is -0.511. The van der Waals surface area contributed by atoms with Gasteiger partial charge >= 0.3 is 0 Å². The third kappa shape index (κ3) is 2.55. The molecule has 0 amide bonds. The highest BCUT2D eigenvalue weighted by Crippen LogP contribution is 2.24. The predicted molar refractivity (Wildman–Crippen MR) is 64.8 cm³/mol. The first-order valence-electron chi connectivity index (χ1n) is 5.77. The van der Waals surface area contributed by atoms with Gasteiger partial charge in [0.1, 0.15) is 7.05 Å². The summed E-state index contributed by atoms with van der Waals surface area (Å²) in [5.41, 5.74) is 0. The van der Waals surface area contributed by atoms with Crippen molar-refractivity contribution in [2.45, 2.75) is 37.3 Å². The molecule has 0 aromatic heterocycles. The second-order valence-corrected chi connectivity index (χ2v) is 5.75. The number of aliphatic hydroxyl groups is 1. The zero-order valence-electron chi connectivity index (χ0n) is 9.59. The molecule has 1 saturated heterocycles. The molecule has 1 N–H and O–H groups in total. The van der Waals surface area contributed by atoms with Gasteiger partial charge < -0.3 is 5.11 Å². The summed E-state index contributed by atoms with van der Waals surface area (Å²) in [4.78, 5) is 2.43. The zero-order chi connectivity index (χ0) is 10.8. The maximum atomic E-state index is 9.67. The second kappa shape index (κ2) is 4.85. The van der Waals surface area contributed by atoms with Crippen LogP contribution in [0.3, 0.4) is 0 Å². The molecule has 0 unspecified atom stereocenters. The molecule has 15 heavy (non-hydrogen) atoms. The van der Waals surface area contributed by atoms with Crippen molar-refractivity contribution in [1.29, 1.82) is 0 Å². The highest BCUT2D eigenvalue weighted by atomic mass is 32.2. The minimum Gasteiger partial charge on any atom is -0.392 e. The van der Waals surface area contributed by atoms with E-state index >= 15 is 0 Å². The number of piperidine rings is 1. The molecule has 2 heterocycles. The van der Waals surface area contributed by atoms with Gasteiger partial charge in [0.15, 0.2) is 6.21 Å². The first kappa shape index (κ1) is 11.4. The standard InChI is InChI=1S/C11H21N2OS/c1-9(11-12(2)6-7-15-11)13-5-3-4-10(14)8-13/h6,9-11,14H,3-5,7-8H2,1-2H3/q+1/t9-,10+,11-/m1/s1. The van der Waals surface area contributed by atoms with Crippen LogP contribution in [0.15, 0.2) is 0 Å². The van der Waals surface area contributed by atoms with Crippen LogP contribution in [0.4, 0.5) is 0 Å². The van der Waals surface area contributed by atoms with Crippen LogP contribution >= 0.6 is 11.8 Å². The molecule has 3 atom stereocenters. The highest BCUT2D eigenvalue weighted by molar-refractivity contribution is 8.00. The van der Waals surface area contributed by atoms with E-state index in [9.17, 15) is 5.11 Å². The van der Waals surface area contributed by atoms with Crippen LogP contribution in [-0.4, -0.2) is 64.2 Å². The smallest absolute Gasteiger partial charge is 0.213 e. The quantitative estimate of drug-likeness (QED) is 0.703. The fourth-order valence-electron chi connectivity index (χ4n) is 2.49. The molecule has 0 aliphatic carbocycles. The maximum Gasteiger partial charge on any atom is 0.213 e. The van der Waals surface area contributed by atoms with E-state index < -0.39 is 0 Å². The number of hydrogen-bond donors (Lipinski definition) is 1. The molecule has 0 radical (unpaired) electrons. The number of rotatable bonds is 2. The largest absolute Gasteiger partial charge is 0.392 e. The zero-order valence-corrected chi connectivity index (χ0v) is 10.4. The summed E-state index contributed by atoms with van der Waals surface area (Å²) in [7, 11) is 2.15. The van der Waals surface area contributed by atoms with Crippen LogP contribution in [-0.2, 0) is 0 Å². The van der Waals surface area contributed by atoms with Crippen molar-refractivity contribution < 1.29 is 9.68 Å². The molecule has 4 heteroatoms. The van der Waals surface area contributed by atoms with Crippen molar-refractivity contribution in [3.63, 3.8) is 0 Å². The lowest BCUT2D eigenvalue weighted by Crippen LogP contribution is -2.49. The van der Waals surface area contributed by atoms with Gasteiger partial charge in [0.2, 0.25) is 5.37 Å². The summed E-state index contributed by atoms with van der Waals surface area (Å²) in [5.74, 6) is 1.13. The van der Waals surface area contributed by atoms with Gasteiger partial charge in [-0.15, -0.1) is 0 Å². The summed E-state index contributed by atoms with van der Waals surface area (Å²) in [6, 6.07) is 0.536. The first-order valence-corrected chi connectivity index (χ1v) is 6.82. The normalized spacial score (nSPS) is 35.3. The molecule has 3 nitrogen and oxygen atoms in total. The monoisotopic (exact) mass is 229 g/mol. The topological polar surface area (TPSA) is 26.5 Å². The van der Waals surface area contributed by atoms with Crippen molar-refractivity contribution in [3.8, 4) is 0 Å². The van der Waals surface area contributed by atoms with E-state index in [1.807, 2.05) is 11.8 Å². The van der Waals surface area contributed by atoms with E-state index in [4.69, 9.17) is 0 Å². The number of likely N-dealkylation sites (N-methyl/N-ethyl adjacent to an activating group) is 1. The van der Waals surface area contributed by atoms with Gasteiger partial charge in [-0.1, -0.05) is 11.8 Å². The number of thioether (sulfide) groups is 1. The minimum absolute atomic E-state index is 0.109. The Morgan fingerprint density at radius 1 is 1.60 bits per heavy atom. The Kier molecular flexibility index (Phi) is 3.69. The Morgan fingerprint density at radius 3 is 3.00 bits per heavy atom. The molecule has 0 aromatic rings. The van der Waals surface area contributed by atoms with Crippen molar-refractivity contribution in [3.05, 3.63) is 0 Å². The van der Waals surface area contributed by atoms with Gasteiger partial charge in [0.05, 0.1) is 17.9 Å². The van der Waals surface area contributed by atoms with Crippen LogP contribution in [0.1, 0.15) is 19.8 Å². The Hall–Kier alpha value is -0.0600. The predicted octanol–water partition coefficient (Wildman–Crippen LogP) is 0.618. The minimum atomic E-state index is -0.109. The average Bonchev–Trinajstić information content (AvgIpc) is 2.63. The molecule has 2 aliphatic rings. The molecule has 2 aliphatic heterocycles. The Bertz CT molecular complexity index is 257. The molecular weight excluding hydrogens is 208 g/mol. The van der Waals surface area contributed by atoms with Crippen LogP contribution < -0.4 is 0 Å². The van der Waals surface area contributed by atoms with Crippen molar-refractivity contribution in [2.75, 3.05) is 25.9 Å². The third-order valence-corrected chi connectivity index (χ3v) is 4.86. The molecule has 0 aromatic carbocycles. The number of nitrogens with zero attached hydrogens (tertiary/aromatic N) is 2. The third-order valence-electron chi connectivity index (χ3n) is 3.45. The lowest BCUT2D eigenvalue weighted by atomic mass is 10.1. The van der Waals surface area contributed by atoms with Crippen LogP contribution in [0, 0.1) is 0 Å². The summed E-state index contributed by atoms with van der Waals surface area (Å²) in [5, 5.41) is 10.2. The van der Waals surface area contributed by atoms with E-state index in [1.165, 1.54) is 0 Å². The van der Waals surface area contributed by atoms with E-state index in [0.29, 0.717) is 11.4 Å². The van der Waals surface area contributed by atoms with E-state index in [2.05, 4.69) is 29.7 Å². The average molecular weight is 229 g/mol. The number of β-amino-alcohol motifs (C(OH)–C–C–N with tert-alkyl or cyclic N) is 1. The Morgan fingerprint density at radius 2 is 2.40 bits per heavy atom. The van der Waals surface area contributed by atoms with Gasteiger partial charge in [0.25, 0.3) is 0 Å². The molecule has 2 rings (SSSR count). The summed E-state index contributed by atoms with van der Waals surface area (Å²) < 4.78 is 2.32. The number of aliphatic hydroxyl groups excluding tert-OH is 1. The van der Waals surface area contributed by atoms with Crippen molar-refractivity contribution in [2.24, 2.45) is 0 Å². The van der Waals surface area contributed by atoms with E-state index in [0.717, 1.165) is 31.7 Å². The summed E-state index contributed by atoms with van der Waals surface area (Å²) in [6.45, 7) is 4.28.